The summed E-state index contributed by atoms with van der Waals surface area (Å²) in [6.45, 7) is 5.29. The molecule has 6 heteroatoms. The largest absolute Gasteiger partial charge is 0.337 e. The van der Waals surface area contributed by atoms with Crippen LogP contribution in [-0.4, -0.2) is 37.6 Å². The van der Waals surface area contributed by atoms with Crippen LogP contribution >= 0.6 is 0 Å². The number of likely N-dealkylation sites (N-methyl/N-ethyl adjacent to an activating group) is 1. The molecular weight excluding hydrogens is 314 g/mol. The van der Waals surface area contributed by atoms with E-state index in [9.17, 15) is 4.79 Å². The number of carbonyl (C=O) groups excluding carboxylic acids is 1. The lowest BCUT2D eigenvalue weighted by atomic mass is 10.1. The van der Waals surface area contributed by atoms with Gasteiger partial charge in [-0.05, 0) is 24.6 Å². The summed E-state index contributed by atoms with van der Waals surface area (Å²) >= 11 is 0. The number of hydrogen-bond donors (Lipinski definition) is 0. The molecule has 128 valence electrons. The van der Waals surface area contributed by atoms with E-state index in [4.69, 9.17) is 0 Å². The van der Waals surface area contributed by atoms with E-state index in [-0.39, 0.29) is 12.5 Å². The monoisotopic (exact) mass is 335 g/mol. The maximum Gasteiger partial charge on any atom is 0.246 e. The summed E-state index contributed by atoms with van der Waals surface area (Å²) in [5.74, 6) is 0.498. The summed E-state index contributed by atoms with van der Waals surface area (Å²) < 4.78 is 0. The first-order chi connectivity index (χ1) is 12.2. The zero-order valence-corrected chi connectivity index (χ0v) is 14.5. The van der Waals surface area contributed by atoms with E-state index >= 15 is 0 Å². The highest BCUT2D eigenvalue weighted by Crippen LogP contribution is 2.14. The lowest BCUT2D eigenvalue weighted by Crippen LogP contribution is -2.33. The van der Waals surface area contributed by atoms with Crippen molar-refractivity contribution in [3.05, 3.63) is 65.7 Å². The molecule has 6 nitrogen and oxygen atoms in total. The molecule has 0 bridgehead atoms. The van der Waals surface area contributed by atoms with Crippen LogP contribution in [-0.2, 0) is 17.9 Å². The van der Waals surface area contributed by atoms with Gasteiger partial charge in [0.15, 0.2) is 0 Å². The summed E-state index contributed by atoms with van der Waals surface area (Å²) in [7, 11) is 0. The average Bonchev–Trinajstić information content (AvgIpc) is 3.09. The lowest BCUT2D eigenvalue weighted by Gasteiger charge is -2.20. The molecule has 1 aromatic heterocycles. The van der Waals surface area contributed by atoms with E-state index in [0.29, 0.717) is 18.9 Å². The zero-order chi connectivity index (χ0) is 17.6. The SMILES string of the molecule is CCN(Cc1ccccc1)C(=O)Cn1nnc(-c2ccc(C)cc2)n1. The average molecular weight is 335 g/mol. The van der Waals surface area contributed by atoms with Crippen LogP contribution in [0.15, 0.2) is 54.6 Å². The van der Waals surface area contributed by atoms with Gasteiger partial charge in [-0.2, -0.15) is 4.80 Å². The smallest absolute Gasteiger partial charge is 0.246 e. The molecule has 0 aliphatic heterocycles. The molecule has 3 rings (SSSR count). The summed E-state index contributed by atoms with van der Waals surface area (Å²) in [5.41, 5.74) is 3.16. The molecule has 0 spiro atoms. The third-order valence-electron chi connectivity index (χ3n) is 3.99. The maximum absolute atomic E-state index is 12.5. The molecule has 0 saturated carbocycles. The Morgan fingerprint density at radius 1 is 1.08 bits per heavy atom. The minimum Gasteiger partial charge on any atom is -0.337 e. The van der Waals surface area contributed by atoms with E-state index < -0.39 is 0 Å². The fourth-order valence-corrected chi connectivity index (χ4v) is 2.53. The Balaban J connectivity index is 1.67. The van der Waals surface area contributed by atoms with Crippen molar-refractivity contribution in [3.8, 4) is 11.4 Å². The van der Waals surface area contributed by atoms with Gasteiger partial charge in [0.2, 0.25) is 11.7 Å². The van der Waals surface area contributed by atoms with E-state index in [1.54, 1.807) is 4.90 Å². The van der Waals surface area contributed by atoms with E-state index in [2.05, 4.69) is 15.4 Å². The Labute approximate surface area is 147 Å². The summed E-state index contributed by atoms with van der Waals surface area (Å²) in [5, 5.41) is 12.4. The molecule has 1 heterocycles. The van der Waals surface area contributed by atoms with E-state index in [1.807, 2.05) is 68.4 Å². The normalized spacial score (nSPS) is 10.6. The minimum absolute atomic E-state index is 0.0285. The number of aromatic nitrogens is 4. The molecule has 0 aliphatic rings. The van der Waals surface area contributed by atoms with Gasteiger partial charge in [-0.1, -0.05) is 60.2 Å². The second-order valence-electron chi connectivity index (χ2n) is 5.90. The van der Waals surface area contributed by atoms with E-state index in [0.717, 1.165) is 11.1 Å². The van der Waals surface area contributed by atoms with Gasteiger partial charge in [0.1, 0.15) is 6.54 Å². The molecular formula is C19H21N5O. The van der Waals surface area contributed by atoms with Gasteiger partial charge >= 0.3 is 0 Å². The number of aryl methyl sites for hydroxylation is 1. The molecule has 3 aromatic rings. The van der Waals surface area contributed by atoms with Crippen molar-refractivity contribution in [2.75, 3.05) is 6.54 Å². The molecule has 0 aliphatic carbocycles. The van der Waals surface area contributed by atoms with Crippen molar-refractivity contribution in [1.82, 2.24) is 25.1 Å². The number of amides is 1. The Hall–Kier alpha value is -3.02. The van der Waals surface area contributed by atoms with Crippen LogP contribution in [0, 0.1) is 6.92 Å². The van der Waals surface area contributed by atoms with Crippen molar-refractivity contribution in [1.29, 1.82) is 0 Å². The highest BCUT2D eigenvalue weighted by atomic mass is 16.2. The van der Waals surface area contributed by atoms with Crippen LogP contribution in [0.2, 0.25) is 0 Å². The number of rotatable bonds is 6. The molecule has 25 heavy (non-hydrogen) atoms. The molecule has 0 unspecified atom stereocenters. The van der Waals surface area contributed by atoms with Crippen LogP contribution < -0.4 is 0 Å². The first kappa shape index (κ1) is 16.8. The van der Waals surface area contributed by atoms with Crippen molar-refractivity contribution in [3.63, 3.8) is 0 Å². The Morgan fingerprint density at radius 2 is 1.80 bits per heavy atom. The second-order valence-corrected chi connectivity index (χ2v) is 5.90. The van der Waals surface area contributed by atoms with Gasteiger partial charge in [-0.15, -0.1) is 10.2 Å². The van der Waals surface area contributed by atoms with Gasteiger partial charge in [0.25, 0.3) is 0 Å². The minimum atomic E-state index is -0.0285. The molecule has 2 aromatic carbocycles. The third kappa shape index (κ3) is 4.29. The molecule has 0 saturated heterocycles. The second kappa shape index (κ2) is 7.70. The number of carbonyl (C=O) groups is 1. The van der Waals surface area contributed by atoms with Gasteiger partial charge in [0.05, 0.1) is 0 Å². The number of hydrogen-bond acceptors (Lipinski definition) is 4. The Bertz CT molecular complexity index is 827. The highest BCUT2D eigenvalue weighted by molar-refractivity contribution is 5.75. The van der Waals surface area contributed by atoms with Gasteiger partial charge in [-0.25, -0.2) is 0 Å². The standard InChI is InChI=1S/C19H21N5O/c1-3-23(13-16-7-5-4-6-8-16)18(25)14-24-21-19(20-22-24)17-11-9-15(2)10-12-17/h4-12H,3,13-14H2,1-2H3. The zero-order valence-electron chi connectivity index (χ0n) is 14.5. The first-order valence-electron chi connectivity index (χ1n) is 8.32. The Kier molecular flexibility index (Phi) is 5.18. The van der Waals surface area contributed by atoms with Gasteiger partial charge in [-0.3, -0.25) is 4.79 Å². The molecule has 0 N–H and O–H groups in total. The molecule has 1 amide bonds. The van der Waals surface area contributed by atoms with E-state index in [1.165, 1.54) is 10.4 Å². The number of nitrogens with zero attached hydrogens (tertiary/aromatic N) is 5. The van der Waals surface area contributed by atoms with Crippen LogP contribution in [0.3, 0.4) is 0 Å². The van der Waals surface area contributed by atoms with Crippen LogP contribution in [0.25, 0.3) is 11.4 Å². The van der Waals surface area contributed by atoms with Gasteiger partial charge in [0, 0.05) is 18.7 Å². The van der Waals surface area contributed by atoms with Crippen molar-refractivity contribution < 1.29 is 4.79 Å². The Morgan fingerprint density at radius 3 is 2.48 bits per heavy atom. The predicted octanol–water partition coefficient (Wildman–Crippen LogP) is 2.70. The molecule has 0 atom stereocenters. The fraction of sp³-hybridized carbons (Fsp3) is 0.263. The highest BCUT2D eigenvalue weighted by Gasteiger charge is 2.15. The maximum atomic E-state index is 12.5. The molecule has 0 fully saturated rings. The number of tetrazole rings is 1. The third-order valence-corrected chi connectivity index (χ3v) is 3.99. The first-order valence-corrected chi connectivity index (χ1v) is 8.32. The van der Waals surface area contributed by atoms with Crippen molar-refractivity contribution >= 4 is 5.91 Å². The van der Waals surface area contributed by atoms with Crippen molar-refractivity contribution in [2.24, 2.45) is 0 Å². The number of benzene rings is 2. The van der Waals surface area contributed by atoms with Crippen LogP contribution in [0.4, 0.5) is 0 Å². The van der Waals surface area contributed by atoms with Crippen LogP contribution in [0.1, 0.15) is 18.1 Å². The van der Waals surface area contributed by atoms with Crippen molar-refractivity contribution in [2.45, 2.75) is 26.9 Å². The quantitative estimate of drug-likeness (QED) is 0.695. The summed E-state index contributed by atoms with van der Waals surface area (Å²) in [4.78, 5) is 15.7. The molecule has 0 radical (unpaired) electrons. The lowest BCUT2D eigenvalue weighted by molar-refractivity contribution is -0.132. The topological polar surface area (TPSA) is 63.9 Å². The summed E-state index contributed by atoms with van der Waals surface area (Å²) in [6, 6.07) is 17.8. The fourth-order valence-electron chi connectivity index (χ4n) is 2.53. The van der Waals surface area contributed by atoms with Crippen LogP contribution in [0.5, 0.6) is 0 Å². The van der Waals surface area contributed by atoms with Gasteiger partial charge < -0.3 is 4.90 Å². The predicted molar refractivity (Wildman–Crippen MR) is 95.5 cm³/mol. The summed E-state index contributed by atoms with van der Waals surface area (Å²) in [6.07, 6.45) is 0.